The van der Waals surface area contributed by atoms with Crippen molar-refractivity contribution in [3.63, 3.8) is 0 Å². The van der Waals surface area contributed by atoms with Gasteiger partial charge in [-0.1, -0.05) is 12.1 Å². The molecule has 1 heterocycles. The Kier molecular flexibility index (Phi) is 3.42. The summed E-state index contributed by atoms with van der Waals surface area (Å²) in [4.78, 5) is 15.6. The number of Topliss-reactive ketones (excluding diaryl/α,β-unsaturated/α-hetero) is 1. The zero-order valence-corrected chi connectivity index (χ0v) is 10.7. The van der Waals surface area contributed by atoms with E-state index >= 15 is 0 Å². The highest BCUT2D eigenvalue weighted by molar-refractivity contribution is 5.96. The van der Waals surface area contributed by atoms with Gasteiger partial charge in [-0.3, -0.25) is 4.79 Å². The SMILES string of the molecule is CC(=O)c1cccnc1Oc1cccc(C)c1C. The molecule has 0 amide bonds. The van der Waals surface area contributed by atoms with E-state index in [0.717, 1.165) is 16.9 Å². The number of nitrogens with zero attached hydrogens (tertiary/aromatic N) is 1. The second-order valence-electron chi connectivity index (χ2n) is 4.21. The van der Waals surface area contributed by atoms with Gasteiger partial charge in [0, 0.05) is 6.20 Å². The zero-order chi connectivity index (χ0) is 13.1. The van der Waals surface area contributed by atoms with Crippen LogP contribution < -0.4 is 4.74 Å². The third-order valence-electron chi connectivity index (χ3n) is 2.91. The fraction of sp³-hybridized carbons (Fsp3) is 0.200. The molecule has 0 bridgehead atoms. The van der Waals surface area contributed by atoms with Crippen LogP contribution in [0.15, 0.2) is 36.5 Å². The molecule has 0 unspecified atom stereocenters. The number of pyridine rings is 1. The second-order valence-corrected chi connectivity index (χ2v) is 4.21. The van der Waals surface area contributed by atoms with Crippen molar-refractivity contribution in [1.29, 1.82) is 0 Å². The van der Waals surface area contributed by atoms with Gasteiger partial charge >= 0.3 is 0 Å². The summed E-state index contributed by atoms with van der Waals surface area (Å²) in [7, 11) is 0. The van der Waals surface area contributed by atoms with E-state index in [1.54, 1.807) is 18.3 Å². The predicted octanol–water partition coefficient (Wildman–Crippen LogP) is 3.69. The Labute approximate surface area is 106 Å². The fourth-order valence-electron chi connectivity index (χ4n) is 1.68. The number of rotatable bonds is 3. The average molecular weight is 241 g/mol. The van der Waals surface area contributed by atoms with Gasteiger partial charge < -0.3 is 4.74 Å². The van der Waals surface area contributed by atoms with Crippen LogP contribution in [0.4, 0.5) is 0 Å². The topological polar surface area (TPSA) is 39.2 Å². The molecule has 0 saturated carbocycles. The Morgan fingerprint density at radius 1 is 1.17 bits per heavy atom. The molecule has 3 heteroatoms. The molecule has 0 aliphatic carbocycles. The van der Waals surface area contributed by atoms with Crippen LogP contribution in [0.25, 0.3) is 0 Å². The van der Waals surface area contributed by atoms with E-state index in [9.17, 15) is 4.79 Å². The number of carbonyl (C=O) groups excluding carboxylic acids is 1. The first-order chi connectivity index (χ1) is 8.59. The molecule has 0 N–H and O–H groups in total. The van der Waals surface area contributed by atoms with E-state index in [4.69, 9.17) is 4.74 Å². The van der Waals surface area contributed by atoms with Crippen LogP contribution in [0.2, 0.25) is 0 Å². The van der Waals surface area contributed by atoms with E-state index in [0.29, 0.717) is 11.4 Å². The minimum absolute atomic E-state index is 0.0524. The smallest absolute Gasteiger partial charge is 0.230 e. The lowest BCUT2D eigenvalue weighted by atomic mass is 10.1. The molecule has 2 aromatic rings. The number of ketones is 1. The van der Waals surface area contributed by atoms with E-state index in [-0.39, 0.29) is 5.78 Å². The first-order valence-electron chi connectivity index (χ1n) is 5.79. The van der Waals surface area contributed by atoms with Crippen LogP contribution >= 0.6 is 0 Å². The van der Waals surface area contributed by atoms with E-state index in [2.05, 4.69) is 4.98 Å². The van der Waals surface area contributed by atoms with Gasteiger partial charge in [-0.05, 0) is 50.1 Å². The van der Waals surface area contributed by atoms with Gasteiger partial charge in [0.1, 0.15) is 5.75 Å². The summed E-state index contributed by atoms with van der Waals surface area (Å²) in [6.45, 7) is 5.51. The van der Waals surface area contributed by atoms with Crippen molar-refractivity contribution in [3.05, 3.63) is 53.2 Å². The number of carbonyl (C=O) groups is 1. The van der Waals surface area contributed by atoms with Gasteiger partial charge in [0.05, 0.1) is 5.56 Å². The Hall–Kier alpha value is -2.16. The normalized spacial score (nSPS) is 10.2. The predicted molar refractivity (Wildman–Crippen MR) is 70.2 cm³/mol. The Morgan fingerprint density at radius 3 is 2.67 bits per heavy atom. The molecule has 18 heavy (non-hydrogen) atoms. The van der Waals surface area contributed by atoms with Crippen LogP contribution in [-0.2, 0) is 0 Å². The lowest BCUT2D eigenvalue weighted by Gasteiger charge is -2.11. The van der Waals surface area contributed by atoms with Crippen molar-refractivity contribution >= 4 is 5.78 Å². The summed E-state index contributed by atoms with van der Waals surface area (Å²) in [5, 5.41) is 0. The first kappa shape index (κ1) is 12.3. The van der Waals surface area contributed by atoms with Crippen molar-refractivity contribution in [1.82, 2.24) is 4.98 Å². The lowest BCUT2D eigenvalue weighted by Crippen LogP contribution is -2.00. The third-order valence-corrected chi connectivity index (χ3v) is 2.91. The van der Waals surface area contributed by atoms with Gasteiger partial charge in [0.15, 0.2) is 5.78 Å². The van der Waals surface area contributed by atoms with E-state index in [1.165, 1.54) is 6.92 Å². The molecule has 0 aliphatic heterocycles. The molecule has 0 aliphatic rings. The molecule has 0 saturated heterocycles. The van der Waals surface area contributed by atoms with Crippen LogP contribution in [0.1, 0.15) is 28.4 Å². The molecule has 1 aromatic carbocycles. The minimum Gasteiger partial charge on any atom is -0.438 e. The highest BCUT2D eigenvalue weighted by Gasteiger charge is 2.11. The number of benzene rings is 1. The largest absolute Gasteiger partial charge is 0.438 e. The Balaban J connectivity index is 2.40. The number of aryl methyl sites for hydroxylation is 1. The van der Waals surface area contributed by atoms with E-state index in [1.807, 2.05) is 32.0 Å². The number of hydrogen-bond acceptors (Lipinski definition) is 3. The highest BCUT2D eigenvalue weighted by atomic mass is 16.5. The van der Waals surface area contributed by atoms with Crippen LogP contribution in [0.5, 0.6) is 11.6 Å². The van der Waals surface area contributed by atoms with Crippen molar-refractivity contribution in [2.75, 3.05) is 0 Å². The molecule has 0 fully saturated rings. The summed E-state index contributed by atoms with van der Waals surface area (Å²) in [5.74, 6) is 1.04. The molecule has 1 aromatic heterocycles. The van der Waals surface area contributed by atoms with Gasteiger partial charge in [0.2, 0.25) is 5.88 Å². The summed E-state index contributed by atoms with van der Waals surface area (Å²) in [6, 6.07) is 9.27. The lowest BCUT2D eigenvalue weighted by molar-refractivity contribution is 0.101. The van der Waals surface area contributed by atoms with Crippen molar-refractivity contribution < 1.29 is 9.53 Å². The zero-order valence-electron chi connectivity index (χ0n) is 10.7. The molecule has 0 radical (unpaired) electrons. The highest BCUT2D eigenvalue weighted by Crippen LogP contribution is 2.27. The molecular formula is C15H15NO2. The fourth-order valence-corrected chi connectivity index (χ4v) is 1.68. The quantitative estimate of drug-likeness (QED) is 0.769. The first-order valence-corrected chi connectivity index (χ1v) is 5.79. The molecule has 92 valence electrons. The summed E-state index contributed by atoms with van der Waals surface area (Å²) < 4.78 is 5.75. The van der Waals surface area contributed by atoms with Crippen molar-refractivity contribution in [2.45, 2.75) is 20.8 Å². The summed E-state index contributed by atoms with van der Waals surface area (Å²) in [5.41, 5.74) is 2.70. The van der Waals surface area contributed by atoms with Gasteiger partial charge in [-0.25, -0.2) is 4.98 Å². The Morgan fingerprint density at radius 2 is 1.94 bits per heavy atom. The molecule has 2 rings (SSSR count). The standard InChI is InChI=1S/C15H15NO2/c1-10-6-4-8-14(11(10)2)18-15-13(12(3)17)7-5-9-16-15/h4-9H,1-3H3. The maximum atomic E-state index is 11.5. The third kappa shape index (κ3) is 2.40. The van der Waals surface area contributed by atoms with E-state index < -0.39 is 0 Å². The maximum Gasteiger partial charge on any atom is 0.230 e. The number of ether oxygens (including phenoxy) is 1. The second kappa shape index (κ2) is 5.00. The van der Waals surface area contributed by atoms with Crippen molar-refractivity contribution in [3.8, 4) is 11.6 Å². The van der Waals surface area contributed by atoms with Crippen LogP contribution in [0.3, 0.4) is 0 Å². The summed E-state index contributed by atoms with van der Waals surface area (Å²) in [6.07, 6.45) is 1.62. The van der Waals surface area contributed by atoms with Crippen molar-refractivity contribution in [2.24, 2.45) is 0 Å². The monoisotopic (exact) mass is 241 g/mol. The number of aromatic nitrogens is 1. The van der Waals surface area contributed by atoms with Gasteiger partial charge in [-0.2, -0.15) is 0 Å². The maximum absolute atomic E-state index is 11.5. The minimum atomic E-state index is -0.0524. The molecule has 0 spiro atoms. The average Bonchev–Trinajstić information content (AvgIpc) is 2.35. The van der Waals surface area contributed by atoms with Crippen LogP contribution in [0, 0.1) is 13.8 Å². The van der Waals surface area contributed by atoms with Crippen LogP contribution in [-0.4, -0.2) is 10.8 Å². The van der Waals surface area contributed by atoms with Gasteiger partial charge in [0.25, 0.3) is 0 Å². The molecule has 3 nitrogen and oxygen atoms in total. The van der Waals surface area contributed by atoms with Gasteiger partial charge in [-0.15, -0.1) is 0 Å². The molecule has 0 atom stereocenters. The number of hydrogen-bond donors (Lipinski definition) is 0. The summed E-state index contributed by atoms with van der Waals surface area (Å²) >= 11 is 0. The molecular weight excluding hydrogens is 226 g/mol. The Bertz CT molecular complexity index is 591.